The number of fused-ring (bicyclic) bond motifs is 3. The van der Waals surface area contributed by atoms with Crippen LogP contribution in [0.15, 0.2) is 77.7 Å². The van der Waals surface area contributed by atoms with Crippen molar-refractivity contribution in [3.8, 4) is 22.9 Å². The number of nitrogens with one attached hydrogen (secondary N) is 2. The van der Waals surface area contributed by atoms with E-state index in [0.29, 0.717) is 48.3 Å². The van der Waals surface area contributed by atoms with Crippen LogP contribution in [-0.4, -0.2) is 79.5 Å². The number of hydrogen-bond donors (Lipinski definition) is 2. The third-order valence-electron chi connectivity index (χ3n) is 7.82. The number of ether oxygens (including phenoxy) is 2. The number of sulfone groups is 1. The molecule has 1 atom stereocenters. The number of rotatable bonds is 6. The van der Waals surface area contributed by atoms with Crippen LogP contribution in [0.3, 0.4) is 0 Å². The SMILES string of the molecule is COc1ccc2cc1OCCn1nc(-c3ccccc3)nc1[C@@H](C(C)C)NC(=O)CN(Cc1ccc(S(C)(=O)=O)cc1)CCNC2=O. The highest BCUT2D eigenvalue weighted by atomic mass is 32.2. The lowest BCUT2D eigenvalue weighted by Gasteiger charge is -2.26. The van der Waals surface area contributed by atoms with Crippen LogP contribution in [0, 0.1) is 5.92 Å². The van der Waals surface area contributed by atoms with Gasteiger partial charge in [0.1, 0.15) is 6.61 Å². The van der Waals surface area contributed by atoms with Crippen molar-refractivity contribution in [2.75, 3.05) is 39.6 Å². The first-order valence-corrected chi connectivity index (χ1v) is 17.3. The first kappa shape index (κ1) is 33.6. The number of benzene rings is 3. The zero-order chi connectivity index (χ0) is 33.6. The van der Waals surface area contributed by atoms with Gasteiger partial charge in [-0.05, 0) is 41.8 Å². The van der Waals surface area contributed by atoms with E-state index in [4.69, 9.17) is 19.6 Å². The molecule has 3 aromatic carbocycles. The maximum Gasteiger partial charge on any atom is 0.251 e. The van der Waals surface area contributed by atoms with Gasteiger partial charge in [0.05, 0.1) is 31.1 Å². The van der Waals surface area contributed by atoms with Gasteiger partial charge in [0.25, 0.3) is 5.91 Å². The Morgan fingerprint density at radius 3 is 2.43 bits per heavy atom. The van der Waals surface area contributed by atoms with E-state index in [2.05, 4.69) is 10.6 Å². The molecule has 13 heteroatoms. The number of amides is 2. The van der Waals surface area contributed by atoms with Gasteiger partial charge in [0, 0.05) is 37.0 Å². The summed E-state index contributed by atoms with van der Waals surface area (Å²) in [6.07, 6.45) is 1.16. The summed E-state index contributed by atoms with van der Waals surface area (Å²) < 4.78 is 37.3. The van der Waals surface area contributed by atoms with Crippen LogP contribution >= 0.6 is 0 Å². The molecule has 0 saturated carbocycles. The molecule has 5 rings (SSSR count). The zero-order valence-corrected chi connectivity index (χ0v) is 27.8. The van der Waals surface area contributed by atoms with Crippen molar-refractivity contribution in [1.29, 1.82) is 0 Å². The number of hydrogen-bond acceptors (Lipinski definition) is 9. The van der Waals surface area contributed by atoms with Crippen LogP contribution in [0.1, 0.15) is 41.6 Å². The largest absolute Gasteiger partial charge is 0.493 e. The molecule has 2 heterocycles. The Kier molecular flexibility index (Phi) is 10.6. The van der Waals surface area contributed by atoms with Gasteiger partial charge in [-0.15, -0.1) is 0 Å². The predicted octanol–water partition coefficient (Wildman–Crippen LogP) is 3.50. The second kappa shape index (κ2) is 14.8. The van der Waals surface area contributed by atoms with Crippen molar-refractivity contribution >= 4 is 21.7 Å². The van der Waals surface area contributed by atoms with E-state index in [1.54, 1.807) is 47.1 Å². The Bertz CT molecular complexity index is 1810. The van der Waals surface area contributed by atoms with E-state index in [1.807, 2.05) is 49.1 Å². The van der Waals surface area contributed by atoms with Crippen molar-refractivity contribution in [2.24, 2.45) is 5.92 Å². The summed E-state index contributed by atoms with van der Waals surface area (Å²) in [5.74, 6) is 1.49. The number of carbonyl (C=O) groups excluding carboxylic acids is 2. The molecule has 47 heavy (non-hydrogen) atoms. The smallest absolute Gasteiger partial charge is 0.251 e. The van der Waals surface area contributed by atoms with Crippen LogP contribution in [0.4, 0.5) is 0 Å². The Morgan fingerprint density at radius 1 is 1.00 bits per heavy atom. The summed E-state index contributed by atoms with van der Waals surface area (Å²) in [6.45, 7) is 5.55. The standard InChI is InChI=1S/C34H40N6O6S/c1-23(2)31-33-37-32(25-8-6-5-7-9-25)38-40(33)18-19-46-29-20-26(12-15-28(29)45-3)34(42)35-16-17-39(22-30(41)36-31)21-24-10-13-27(14-11-24)47(4,43)44/h5-15,20,23,31H,16-19,21-22H2,1-4H3,(H,35,42)(H,36,41)/t31-/m1/s1. The molecule has 2 amide bonds. The fraction of sp³-hybridized carbons (Fsp3) is 0.353. The van der Waals surface area contributed by atoms with Crippen LogP contribution in [0.5, 0.6) is 11.5 Å². The van der Waals surface area contributed by atoms with E-state index >= 15 is 0 Å². The fourth-order valence-electron chi connectivity index (χ4n) is 5.33. The van der Waals surface area contributed by atoms with Gasteiger partial charge in [-0.3, -0.25) is 14.5 Å². The summed E-state index contributed by atoms with van der Waals surface area (Å²) in [7, 11) is -1.81. The molecule has 248 valence electrons. The lowest BCUT2D eigenvalue weighted by atomic mass is 10.0. The molecule has 0 unspecified atom stereocenters. The van der Waals surface area contributed by atoms with Gasteiger partial charge < -0.3 is 20.1 Å². The van der Waals surface area contributed by atoms with E-state index in [-0.39, 0.29) is 42.3 Å². The average Bonchev–Trinajstić information content (AvgIpc) is 3.46. The average molecular weight is 661 g/mol. The number of methoxy groups -OCH3 is 1. The molecule has 1 aromatic heterocycles. The predicted molar refractivity (Wildman–Crippen MR) is 177 cm³/mol. The van der Waals surface area contributed by atoms with Gasteiger partial charge in [0.2, 0.25) is 5.91 Å². The van der Waals surface area contributed by atoms with E-state index < -0.39 is 15.9 Å². The molecule has 1 aliphatic heterocycles. The fourth-order valence-corrected chi connectivity index (χ4v) is 5.96. The normalized spacial score (nSPS) is 16.8. The molecular formula is C34H40N6O6S. The van der Waals surface area contributed by atoms with Crippen molar-refractivity contribution in [3.05, 3.63) is 89.7 Å². The lowest BCUT2D eigenvalue weighted by Crippen LogP contribution is -2.43. The summed E-state index contributed by atoms with van der Waals surface area (Å²) in [5, 5.41) is 10.9. The quantitative estimate of drug-likeness (QED) is 0.318. The molecule has 2 bridgehead atoms. The van der Waals surface area contributed by atoms with Crippen LogP contribution < -0.4 is 20.1 Å². The van der Waals surface area contributed by atoms with Crippen LogP contribution in [-0.2, 0) is 27.7 Å². The highest BCUT2D eigenvalue weighted by molar-refractivity contribution is 7.90. The molecule has 2 N–H and O–H groups in total. The highest BCUT2D eigenvalue weighted by Crippen LogP contribution is 2.29. The number of nitrogens with zero attached hydrogens (tertiary/aromatic N) is 4. The summed E-state index contributed by atoms with van der Waals surface area (Å²) in [5.41, 5.74) is 2.07. The van der Waals surface area contributed by atoms with Crippen molar-refractivity contribution in [2.45, 2.75) is 37.9 Å². The van der Waals surface area contributed by atoms with E-state index in [1.165, 1.54) is 7.11 Å². The maximum absolute atomic E-state index is 13.7. The summed E-state index contributed by atoms with van der Waals surface area (Å²) in [6, 6.07) is 20.8. The summed E-state index contributed by atoms with van der Waals surface area (Å²) >= 11 is 0. The zero-order valence-electron chi connectivity index (χ0n) is 27.0. The third-order valence-corrected chi connectivity index (χ3v) is 8.95. The molecule has 0 aliphatic carbocycles. The van der Waals surface area contributed by atoms with Gasteiger partial charge in [-0.25, -0.2) is 18.1 Å². The van der Waals surface area contributed by atoms with Gasteiger partial charge in [0.15, 0.2) is 33.0 Å². The minimum Gasteiger partial charge on any atom is -0.493 e. The minimum absolute atomic E-state index is 0.0263. The van der Waals surface area contributed by atoms with Crippen molar-refractivity contribution in [3.63, 3.8) is 0 Å². The number of carbonyl (C=O) groups is 2. The Labute approximate surface area is 275 Å². The Morgan fingerprint density at radius 2 is 1.74 bits per heavy atom. The molecule has 0 radical (unpaired) electrons. The molecule has 4 aromatic rings. The lowest BCUT2D eigenvalue weighted by molar-refractivity contribution is -0.123. The third kappa shape index (κ3) is 8.54. The second-order valence-corrected chi connectivity index (χ2v) is 13.8. The first-order chi connectivity index (χ1) is 22.5. The molecule has 0 saturated heterocycles. The maximum atomic E-state index is 13.7. The van der Waals surface area contributed by atoms with Gasteiger partial charge >= 0.3 is 0 Å². The molecular weight excluding hydrogens is 620 g/mol. The number of aromatic nitrogens is 3. The van der Waals surface area contributed by atoms with E-state index in [0.717, 1.165) is 17.4 Å². The van der Waals surface area contributed by atoms with Crippen molar-refractivity contribution < 1.29 is 27.5 Å². The highest BCUT2D eigenvalue weighted by Gasteiger charge is 2.27. The summed E-state index contributed by atoms with van der Waals surface area (Å²) in [4.78, 5) is 33.8. The van der Waals surface area contributed by atoms with Gasteiger partial charge in [-0.2, -0.15) is 5.10 Å². The van der Waals surface area contributed by atoms with Crippen LogP contribution in [0.25, 0.3) is 11.4 Å². The molecule has 0 fully saturated rings. The van der Waals surface area contributed by atoms with E-state index in [9.17, 15) is 18.0 Å². The minimum atomic E-state index is -3.35. The van der Waals surface area contributed by atoms with Crippen LogP contribution in [0.2, 0.25) is 0 Å². The Balaban J connectivity index is 1.49. The Hall–Kier alpha value is -4.75. The first-order valence-electron chi connectivity index (χ1n) is 15.4. The molecule has 0 spiro atoms. The molecule has 12 nitrogen and oxygen atoms in total. The monoisotopic (exact) mass is 660 g/mol. The molecule has 1 aliphatic rings. The second-order valence-electron chi connectivity index (χ2n) is 11.8. The van der Waals surface area contributed by atoms with Crippen molar-refractivity contribution in [1.82, 2.24) is 30.3 Å². The van der Waals surface area contributed by atoms with Gasteiger partial charge in [-0.1, -0.05) is 56.3 Å². The topological polar surface area (TPSA) is 145 Å².